The lowest BCUT2D eigenvalue weighted by Crippen LogP contribution is -2.30. The van der Waals surface area contributed by atoms with E-state index in [1.807, 2.05) is 6.92 Å². The Bertz CT molecular complexity index is 620. The molecule has 2 N–H and O–H groups in total. The summed E-state index contributed by atoms with van der Waals surface area (Å²) < 4.78 is 53.9. The molecule has 118 valence electrons. The van der Waals surface area contributed by atoms with Crippen molar-refractivity contribution in [3.8, 4) is 0 Å². The summed E-state index contributed by atoms with van der Waals surface area (Å²) in [4.78, 5) is -0.485. The molecule has 0 amide bonds. The molecule has 7 heteroatoms. The fourth-order valence-corrected chi connectivity index (χ4v) is 4.38. The molecule has 0 radical (unpaired) electrons. The minimum Gasteiger partial charge on any atom is -0.326 e. The van der Waals surface area contributed by atoms with Crippen LogP contribution in [0.4, 0.5) is 8.78 Å². The second-order valence-electron chi connectivity index (χ2n) is 5.35. The molecule has 1 aliphatic heterocycles. The van der Waals surface area contributed by atoms with Crippen LogP contribution in [-0.4, -0.2) is 25.8 Å². The van der Waals surface area contributed by atoms with Gasteiger partial charge in [0, 0.05) is 25.2 Å². The largest absolute Gasteiger partial charge is 0.326 e. The van der Waals surface area contributed by atoms with Gasteiger partial charge in [-0.25, -0.2) is 17.2 Å². The summed E-state index contributed by atoms with van der Waals surface area (Å²) in [7, 11) is -3.93. The molecule has 2 rings (SSSR count). The molecule has 1 atom stereocenters. The van der Waals surface area contributed by atoms with Gasteiger partial charge in [0.25, 0.3) is 0 Å². The number of nitrogens with two attached hydrogens (primary N) is 1. The van der Waals surface area contributed by atoms with Crippen LogP contribution in [0.25, 0.3) is 0 Å². The lowest BCUT2D eigenvalue weighted by molar-refractivity contribution is 0.438. The van der Waals surface area contributed by atoms with Crippen LogP contribution in [0.15, 0.2) is 17.0 Å². The number of benzene rings is 1. The van der Waals surface area contributed by atoms with Crippen LogP contribution in [-0.2, 0) is 16.6 Å². The Morgan fingerprint density at radius 3 is 2.71 bits per heavy atom. The SMILES string of the molecule is CCCC1CCN(S(=O)(=O)c2ccc(F)c(CN)c2F)C1. The summed E-state index contributed by atoms with van der Waals surface area (Å²) in [6, 6.07) is 1.93. The van der Waals surface area contributed by atoms with Crippen LogP contribution < -0.4 is 5.73 Å². The zero-order chi connectivity index (χ0) is 15.6. The van der Waals surface area contributed by atoms with Crippen molar-refractivity contribution >= 4 is 10.0 Å². The van der Waals surface area contributed by atoms with Gasteiger partial charge in [0.05, 0.1) is 0 Å². The molecule has 1 fully saturated rings. The maximum Gasteiger partial charge on any atom is 0.246 e. The molecule has 1 aromatic rings. The molecule has 4 nitrogen and oxygen atoms in total. The molecule has 21 heavy (non-hydrogen) atoms. The van der Waals surface area contributed by atoms with Crippen molar-refractivity contribution in [1.29, 1.82) is 0 Å². The van der Waals surface area contributed by atoms with Gasteiger partial charge in [-0.3, -0.25) is 0 Å². The van der Waals surface area contributed by atoms with Crippen molar-refractivity contribution in [2.45, 2.75) is 37.6 Å². The van der Waals surface area contributed by atoms with Crippen LogP contribution >= 0.6 is 0 Å². The van der Waals surface area contributed by atoms with E-state index < -0.39 is 26.6 Å². The lowest BCUT2D eigenvalue weighted by atomic mass is 10.0. The Labute approximate surface area is 124 Å². The normalized spacial score (nSPS) is 20.1. The first kappa shape index (κ1) is 16.3. The quantitative estimate of drug-likeness (QED) is 0.905. The predicted molar refractivity (Wildman–Crippen MR) is 76.0 cm³/mol. The molecule has 0 aromatic heterocycles. The van der Waals surface area contributed by atoms with E-state index >= 15 is 0 Å². The minimum absolute atomic E-state index is 0.308. The molecule has 1 heterocycles. The first-order valence-electron chi connectivity index (χ1n) is 7.08. The van der Waals surface area contributed by atoms with Crippen LogP contribution in [0, 0.1) is 17.6 Å². The van der Waals surface area contributed by atoms with Crippen LogP contribution in [0.3, 0.4) is 0 Å². The van der Waals surface area contributed by atoms with E-state index in [4.69, 9.17) is 5.73 Å². The standard InChI is InChI=1S/C14H20F2N2O2S/c1-2-3-10-6-7-18(9-10)21(19,20)13-5-4-12(15)11(8-17)14(13)16/h4-5,10H,2-3,6-9,17H2,1H3. The van der Waals surface area contributed by atoms with Crippen LogP contribution in [0.1, 0.15) is 31.7 Å². The maximum absolute atomic E-state index is 14.2. The molecular weight excluding hydrogens is 298 g/mol. The summed E-state index contributed by atoms with van der Waals surface area (Å²) in [6.45, 7) is 2.44. The van der Waals surface area contributed by atoms with E-state index in [0.29, 0.717) is 19.0 Å². The Balaban J connectivity index is 2.33. The third-order valence-electron chi connectivity index (χ3n) is 3.92. The zero-order valence-corrected chi connectivity index (χ0v) is 12.8. The van der Waals surface area contributed by atoms with Gasteiger partial charge in [0.1, 0.15) is 10.7 Å². The second-order valence-corrected chi connectivity index (χ2v) is 7.25. The fraction of sp³-hybridized carbons (Fsp3) is 0.571. The van der Waals surface area contributed by atoms with E-state index in [-0.39, 0.29) is 12.1 Å². The van der Waals surface area contributed by atoms with E-state index in [0.717, 1.165) is 31.4 Å². The van der Waals surface area contributed by atoms with Crippen LogP contribution in [0.2, 0.25) is 0 Å². The molecule has 0 saturated carbocycles. The van der Waals surface area contributed by atoms with Crippen molar-refractivity contribution in [3.05, 3.63) is 29.3 Å². The molecular formula is C14H20F2N2O2S. The fourth-order valence-electron chi connectivity index (χ4n) is 2.76. The summed E-state index contributed by atoms with van der Waals surface area (Å²) in [5.74, 6) is -1.59. The first-order chi connectivity index (χ1) is 9.91. The third kappa shape index (κ3) is 3.09. The smallest absolute Gasteiger partial charge is 0.246 e. The van der Waals surface area contributed by atoms with Crippen molar-refractivity contribution in [1.82, 2.24) is 4.31 Å². The van der Waals surface area contributed by atoms with E-state index in [1.165, 1.54) is 4.31 Å². The lowest BCUT2D eigenvalue weighted by Gasteiger charge is -2.18. The van der Waals surface area contributed by atoms with Crippen molar-refractivity contribution < 1.29 is 17.2 Å². The number of sulfonamides is 1. The monoisotopic (exact) mass is 318 g/mol. The minimum atomic E-state index is -3.93. The molecule has 0 aliphatic carbocycles. The zero-order valence-electron chi connectivity index (χ0n) is 12.0. The summed E-state index contributed by atoms with van der Waals surface area (Å²) >= 11 is 0. The molecule has 1 unspecified atom stereocenters. The van der Waals surface area contributed by atoms with E-state index in [1.54, 1.807) is 0 Å². The van der Waals surface area contributed by atoms with E-state index in [2.05, 4.69) is 0 Å². The highest BCUT2D eigenvalue weighted by atomic mass is 32.2. The second kappa shape index (κ2) is 6.37. The number of hydrogen-bond acceptors (Lipinski definition) is 3. The molecule has 1 aromatic carbocycles. The van der Waals surface area contributed by atoms with Gasteiger partial charge in [0.15, 0.2) is 5.82 Å². The van der Waals surface area contributed by atoms with Crippen molar-refractivity contribution in [3.63, 3.8) is 0 Å². The Morgan fingerprint density at radius 2 is 2.10 bits per heavy atom. The number of hydrogen-bond donors (Lipinski definition) is 1. The number of rotatable bonds is 5. The van der Waals surface area contributed by atoms with Crippen LogP contribution in [0.5, 0.6) is 0 Å². The van der Waals surface area contributed by atoms with Gasteiger partial charge >= 0.3 is 0 Å². The summed E-state index contributed by atoms with van der Waals surface area (Å²) in [5.41, 5.74) is 4.90. The van der Waals surface area contributed by atoms with Gasteiger partial charge in [-0.1, -0.05) is 13.3 Å². The average Bonchev–Trinajstić information content (AvgIpc) is 2.89. The van der Waals surface area contributed by atoms with Gasteiger partial charge in [-0.2, -0.15) is 4.31 Å². The molecule has 0 spiro atoms. The van der Waals surface area contributed by atoms with Crippen molar-refractivity contribution in [2.24, 2.45) is 11.7 Å². The Morgan fingerprint density at radius 1 is 1.38 bits per heavy atom. The highest BCUT2D eigenvalue weighted by Gasteiger charge is 2.34. The number of nitrogens with zero attached hydrogens (tertiary/aromatic N) is 1. The Kier molecular flexibility index (Phi) is 4.95. The highest BCUT2D eigenvalue weighted by Crippen LogP contribution is 2.29. The highest BCUT2D eigenvalue weighted by molar-refractivity contribution is 7.89. The van der Waals surface area contributed by atoms with Crippen molar-refractivity contribution in [2.75, 3.05) is 13.1 Å². The number of halogens is 2. The van der Waals surface area contributed by atoms with Gasteiger partial charge in [-0.05, 0) is 30.9 Å². The van der Waals surface area contributed by atoms with Gasteiger partial charge in [-0.15, -0.1) is 0 Å². The summed E-state index contributed by atoms with van der Waals surface area (Å²) in [6.07, 6.45) is 2.71. The maximum atomic E-state index is 14.2. The third-order valence-corrected chi connectivity index (χ3v) is 5.80. The average molecular weight is 318 g/mol. The molecule has 0 bridgehead atoms. The van der Waals surface area contributed by atoms with E-state index in [9.17, 15) is 17.2 Å². The molecule has 1 saturated heterocycles. The van der Waals surface area contributed by atoms with Gasteiger partial charge < -0.3 is 5.73 Å². The topological polar surface area (TPSA) is 63.4 Å². The first-order valence-corrected chi connectivity index (χ1v) is 8.52. The summed E-state index contributed by atoms with van der Waals surface area (Å²) in [5, 5.41) is 0. The predicted octanol–water partition coefficient (Wildman–Crippen LogP) is 2.23. The molecule has 1 aliphatic rings. The van der Waals surface area contributed by atoms with Gasteiger partial charge in [0.2, 0.25) is 10.0 Å². The Hall–Kier alpha value is -1.05.